The van der Waals surface area contributed by atoms with Crippen molar-refractivity contribution in [3.8, 4) is 0 Å². The third-order valence-electron chi connectivity index (χ3n) is 3.48. The van der Waals surface area contributed by atoms with Crippen LogP contribution in [0.2, 0.25) is 5.02 Å². The number of aromatic amines is 1. The van der Waals surface area contributed by atoms with Gasteiger partial charge in [0.25, 0.3) is 0 Å². The highest BCUT2D eigenvalue weighted by Crippen LogP contribution is 2.20. The fourth-order valence-corrected chi connectivity index (χ4v) is 2.42. The molecule has 0 unspecified atom stereocenters. The van der Waals surface area contributed by atoms with Gasteiger partial charge in [-0.2, -0.15) is 0 Å². The Labute approximate surface area is 141 Å². The Bertz CT molecular complexity index is 957. The standard InChI is InChI=1S/C17H13ClN2O4/c18-11-6-4-10(5-7-11)13(21)8-9-15(22)19-12-2-1-3-14-16(12)20-17(23)24-14/h1-7H,8-9H2,(H,19,22)(H,20,23). The van der Waals surface area contributed by atoms with Crippen LogP contribution in [0.4, 0.5) is 5.69 Å². The van der Waals surface area contributed by atoms with E-state index in [-0.39, 0.29) is 24.5 Å². The maximum Gasteiger partial charge on any atom is 0.417 e. The predicted octanol–water partition coefficient (Wildman–Crippen LogP) is 3.38. The number of carbonyl (C=O) groups excluding carboxylic acids is 2. The Hall–Kier alpha value is -2.86. The van der Waals surface area contributed by atoms with Crippen LogP contribution in [-0.2, 0) is 4.79 Å². The Kier molecular flexibility index (Phi) is 4.48. The first-order chi connectivity index (χ1) is 11.5. The van der Waals surface area contributed by atoms with E-state index in [1.165, 1.54) is 0 Å². The molecule has 0 aliphatic heterocycles. The highest BCUT2D eigenvalue weighted by atomic mass is 35.5. The number of fused-ring (bicyclic) bond motifs is 1. The summed E-state index contributed by atoms with van der Waals surface area (Å²) in [4.78, 5) is 37.8. The number of amides is 1. The molecule has 2 aromatic carbocycles. The first-order valence-electron chi connectivity index (χ1n) is 7.23. The maximum atomic E-state index is 12.0. The third kappa shape index (κ3) is 3.55. The number of oxazole rings is 1. The van der Waals surface area contributed by atoms with Crippen LogP contribution in [0.1, 0.15) is 23.2 Å². The summed E-state index contributed by atoms with van der Waals surface area (Å²) in [7, 11) is 0. The fourth-order valence-electron chi connectivity index (χ4n) is 2.30. The van der Waals surface area contributed by atoms with E-state index in [1.807, 2.05) is 0 Å². The summed E-state index contributed by atoms with van der Waals surface area (Å²) in [6, 6.07) is 11.4. The van der Waals surface area contributed by atoms with Gasteiger partial charge in [0.05, 0.1) is 5.69 Å². The highest BCUT2D eigenvalue weighted by molar-refractivity contribution is 6.30. The number of para-hydroxylation sites is 1. The van der Waals surface area contributed by atoms with Gasteiger partial charge in [0.15, 0.2) is 11.4 Å². The number of H-pyrrole nitrogens is 1. The molecular weight excluding hydrogens is 332 g/mol. The molecule has 3 aromatic rings. The molecule has 0 saturated heterocycles. The minimum Gasteiger partial charge on any atom is -0.408 e. The van der Waals surface area contributed by atoms with Crippen LogP contribution < -0.4 is 11.1 Å². The Morgan fingerprint density at radius 3 is 2.58 bits per heavy atom. The van der Waals surface area contributed by atoms with Crippen LogP contribution in [0, 0.1) is 0 Å². The summed E-state index contributed by atoms with van der Waals surface area (Å²) < 4.78 is 4.93. The zero-order valence-electron chi connectivity index (χ0n) is 12.5. The van der Waals surface area contributed by atoms with Crippen LogP contribution in [0.15, 0.2) is 51.7 Å². The quantitative estimate of drug-likeness (QED) is 0.694. The lowest BCUT2D eigenvalue weighted by atomic mass is 10.1. The molecule has 0 fully saturated rings. The lowest BCUT2D eigenvalue weighted by molar-refractivity contribution is -0.116. The number of hydrogen-bond acceptors (Lipinski definition) is 4. The molecule has 0 radical (unpaired) electrons. The number of nitrogens with one attached hydrogen (secondary N) is 2. The van der Waals surface area contributed by atoms with E-state index in [0.29, 0.717) is 27.4 Å². The molecule has 0 aliphatic carbocycles. The SMILES string of the molecule is O=C(CCC(=O)c1ccc(Cl)cc1)Nc1cccc2oc(=O)[nH]c12. The number of hydrogen-bond donors (Lipinski definition) is 2. The average Bonchev–Trinajstić information content (AvgIpc) is 2.95. The van der Waals surface area contributed by atoms with Crippen molar-refractivity contribution < 1.29 is 14.0 Å². The molecule has 0 bridgehead atoms. The summed E-state index contributed by atoms with van der Waals surface area (Å²) in [5.41, 5.74) is 1.71. The molecule has 1 amide bonds. The average molecular weight is 345 g/mol. The van der Waals surface area contributed by atoms with Crippen LogP contribution in [-0.4, -0.2) is 16.7 Å². The van der Waals surface area contributed by atoms with Gasteiger partial charge in [0.2, 0.25) is 5.91 Å². The van der Waals surface area contributed by atoms with Crippen molar-refractivity contribution in [1.29, 1.82) is 0 Å². The number of halogens is 1. The van der Waals surface area contributed by atoms with E-state index >= 15 is 0 Å². The first-order valence-corrected chi connectivity index (χ1v) is 7.61. The molecule has 2 N–H and O–H groups in total. The van der Waals surface area contributed by atoms with Gasteiger partial charge in [0, 0.05) is 23.4 Å². The van der Waals surface area contributed by atoms with Crippen molar-refractivity contribution in [1.82, 2.24) is 4.98 Å². The van der Waals surface area contributed by atoms with Crippen molar-refractivity contribution in [3.05, 3.63) is 63.6 Å². The predicted molar refractivity (Wildman–Crippen MR) is 90.5 cm³/mol. The smallest absolute Gasteiger partial charge is 0.408 e. The van der Waals surface area contributed by atoms with Crippen molar-refractivity contribution in [2.24, 2.45) is 0 Å². The lowest BCUT2D eigenvalue weighted by Crippen LogP contribution is -2.14. The van der Waals surface area contributed by atoms with Crippen molar-refractivity contribution >= 4 is 40.1 Å². The van der Waals surface area contributed by atoms with E-state index in [2.05, 4.69) is 10.3 Å². The topological polar surface area (TPSA) is 92.2 Å². The molecule has 6 nitrogen and oxygen atoms in total. The van der Waals surface area contributed by atoms with E-state index < -0.39 is 5.76 Å². The number of aromatic nitrogens is 1. The number of Topliss-reactive ketones (excluding diaryl/α,β-unsaturated/α-hetero) is 1. The highest BCUT2D eigenvalue weighted by Gasteiger charge is 2.12. The molecular formula is C17H13ClN2O4. The summed E-state index contributed by atoms with van der Waals surface area (Å²) in [5.74, 6) is -1.06. The van der Waals surface area contributed by atoms with Crippen LogP contribution in [0.3, 0.4) is 0 Å². The van der Waals surface area contributed by atoms with Gasteiger partial charge in [-0.05, 0) is 36.4 Å². The lowest BCUT2D eigenvalue weighted by Gasteiger charge is -2.05. The molecule has 3 rings (SSSR count). The number of carbonyl (C=O) groups is 2. The summed E-state index contributed by atoms with van der Waals surface area (Å²) >= 11 is 5.78. The summed E-state index contributed by atoms with van der Waals surface area (Å²) in [6.07, 6.45) is 0.102. The van der Waals surface area contributed by atoms with Gasteiger partial charge in [-0.15, -0.1) is 0 Å². The molecule has 0 aliphatic rings. The second kappa shape index (κ2) is 6.72. The number of rotatable bonds is 5. The molecule has 24 heavy (non-hydrogen) atoms. The second-order valence-electron chi connectivity index (χ2n) is 5.17. The van der Waals surface area contributed by atoms with Gasteiger partial charge in [0.1, 0.15) is 5.52 Å². The molecule has 7 heteroatoms. The first kappa shape index (κ1) is 16.0. The van der Waals surface area contributed by atoms with E-state index in [4.69, 9.17) is 16.0 Å². The van der Waals surface area contributed by atoms with Gasteiger partial charge in [-0.3, -0.25) is 14.6 Å². The van der Waals surface area contributed by atoms with Gasteiger partial charge in [-0.25, -0.2) is 4.79 Å². The Balaban J connectivity index is 1.64. The van der Waals surface area contributed by atoms with Crippen LogP contribution in [0.25, 0.3) is 11.1 Å². The fraction of sp³-hybridized carbons (Fsp3) is 0.118. The molecule has 122 valence electrons. The van der Waals surface area contributed by atoms with Crippen molar-refractivity contribution in [2.45, 2.75) is 12.8 Å². The summed E-state index contributed by atoms with van der Waals surface area (Å²) in [6.45, 7) is 0. The van der Waals surface area contributed by atoms with E-state index in [0.717, 1.165) is 0 Å². The van der Waals surface area contributed by atoms with E-state index in [9.17, 15) is 14.4 Å². The number of anilines is 1. The zero-order chi connectivity index (χ0) is 17.1. The number of ketones is 1. The molecule has 0 atom stereocenters. The summed E-state index contributed by atoms with van der Waals surface area (Å²) in [5, 5.41) is 3.22. The monoisotopic (exact) mass is 344 g/mol. The number of benzene rings is 2. The largest absolute Gasteiger partial charge is 0.417 e. The van der Waals surface area contributed by atoms with Crippen LogP contribution >= 0.6 is 11.6 Å². The van der Waals surface area contributed by atoms with E-state index in [1.54, 1.807) is 42.5 Å². The molecule has 1 heterocycles. The second-order valence-corrected chi connectivity index (χ2v) is 5.61. The normalized spacial score (nSPS) is 10.7. The Morgan fingerprint density at radius 1 is 1.08 bits per heavy atom. The maximum absolute atomic E-state index is 12.0. The van der Waals surface area contributed by atoms with Gasteiger partial charge in [-0.1, -0.05) is 17.7 Å². The zero-order valence-corrected chi connectivity index (χ0v) is 13.2. The molecule has 1 aromatic heterocycles. The van der Waals surface area contributed by atoms with Crippen molar-refractivity contribution in [2.75, 3.05) is 5.32 Å². The van der Waals surface area contributed by atoms with Crippen molar-refractivity contribution in [3.63, 3.8) is 0 Å². The third-order valence-corrected chi connectivity index (χ3v) is 3.73. The van der Waals surface area contributed by atoms with Crippen LogP contribution in [0.5, 0.6) is 0 Å². The van der Waals surface area contributed by atoms with Gasteiger partial charge >= 0.3 is 5.76 Å². The molecule has 0 saturated carbocycles. The minimum absolute atomic E-state index is 0.0277. The molecule has 0 spiro atoms. The Morgan fingerprint density at radius 2 is 1.83 bits per heavy atom. The van der Waals surface area contributed by atoms with Gasteiger partial charge < -0.3 is 9.73 Å². The minimum atomic E-state index is -0.593.